The summed E-state index contributed by atoms with van der Waals surface area (Å²) in [6, 6.07) is 3.75. The van der Waals surface area contributed by atoms with E-state index in [4.69, 9.17) is 4.74 Å². The third kappa shape index (κ3) is 4.06. The molecular formula is C15H19N5O4. The monoisotopic (exact) mass is 333 g/mol. The molecule has 1 heterocycles. The van der Waals surface area contributed by atoms with Crippen LogP contribution >= 0.6 is 0 Å². The standard InChI is InChI=1S/C15H19N5O4/c1-9(2)6-11(15(22)23)17-14(21)10-4-5-13(24-3)12(7-10)20-8-16-18-19-20/h4-5,7-9,11H,6H2,1-3H3,(H,17,21)(H,22,23). The van der Waals surface area contributed by atoms with Crippen LogP contribution in [0.5, 0.6) is 5.75 Å². The average molecular weight is 333 g/mol. The Labute approximate surface area is 138 Å². The van der Waals surface area contributed by atoms with Gasteiger partial charge in [-0.3, -0.25) is 4.79 Å². The second-order valence-corrected chi connectivity index (χ2v) is 5.63. The number of aliphatic carboxylic acids is 1. The lowest BCUT2D eigenvalue weighted by atomic mass is 10.0. The highest BCUT2D eigenvalue weighted by atomic mass is 16.5. The van der Waals surface area contributed by atoms with E-state index in [1.54, 1.807) is 18.2 Å². The van der Waals surface area contributed by atoms with Crippen molar-refractivity contribution in [3.63, 3.8) is 0 Å². The summed E-state index contributed by atoms with van der Waals surface area (Å²) >= 11 is 0. The summed E-state index contributed by atoms with van der Waals surface area (Å²) in [6.07, 6.45) is 1.72. The lowest BCUT2D eigenvalue weighted by Crippen LogP contribution is -2.41. The van der Waals surface area contributed by atoms with Crippen molar-refractivity contribution in [2.75, 3.05) is 7.11 Å². The third-order valence-electron chi connectivity index (χ3n) is 3.35. The number of benzene rings is 1. The number of aromatic nitrogens is 4. The highest BCUT2D eigenvalue weighted by molar-refractivity contribution is 5.97. The van der Waals surface area contributed by atoms with Crippen molar-refractivity contribution in [1.82, 2.24) is 25.5 Å². The Morgan fingerprint density at radius 2 is 2.12 bits per heavy atom. The van der Waals surface area contributed by atoms with Gasteiger partial charge in [-0.05, 0) is 41.0 Å². The Hall–Kier alpha value is -2.97. The van der Waals surface area contributed by atoms with Crippen LogP contribution < -0.4 is 10.1 Å². The number of carbonyl (C=O) groups excluding carboxylic acids is 1. The number of methoxy groups -OCH3 is 1. The minimum absolute atomic E-state index is 0.138. The van der Waals surface area contributed by atoms with Gasteiger partial charge in [0.15, 0.2) is 0 Å². The number of hydrogen-bond donors (Lipinski definition) is 2. The molecular weight excluding hydrogens is 314 g/mol. The van der Waals surface area contributed by atoms with E-state index >= 15 is 0 Å². The second kappa shape index (κ2) is 7.53. The largest absolute Gasteiger partial charge is 0.494 e. The van der Waals surface area contributed by atoms with Gasteiger partial charge in [-0.15, -0.1) is 5.10 Å². The zero-order valence-electron chi connectivity index (χ0n) is 13.6. The molecule has 0 spiro atoms. The summed E-state index contributed by atoms with van der Waals surface area (Å²) in [7, 11) is 1.49. The van der Waals surface area contributed by atoms with Crippen molar-refractivity contribution in [2.45, 2.75) is 26.3 Å². The number of carboxylic acids is 1. The van der Waals surface area contributed by atoms with E-state index < -0.39 is 17.9 Å². The summed E-state index contributed by atoms with van der Waals surface area (Å²) in [5.41, 5.74) is 0.766. The molecule has 0 radical (unpaired) electrons. The van der Waals surface area contributed by atoms with Crippen molar-refractivity contribution in [2.24, 2.45) is 5.92 Å². The Bertz CT molecular complexity index is 715. The van der Waals surface area contributed by atoms with Gasteiger partial charge in [-0.2, -0.15) is 4.68 Å². The number of carbonyl (C=O) groups is 2. The predicted molar refractivity (Wildman–Crippen MR) is 84.1 cm³/mol. The SMILES string of the molecule is COc1ccc(C(=O)NC(CC(C)C)C(=O)O)cc1-n1cnnn1. The highest BCUT2D eigenvalue weighted by Gasteiger charge is 2.22. The van der Waals surface area contributed by atoms with E-state index in [0.29, 0.717) is 17.9 Å². The summed E-state index contributed by atoms with van der Waals surface area (Å²) < 4.78 is 6.59. The fourth-order valence-corrected chi connectivity index (χ4v) is 2.22. The van der Waals surface area contributed by atoms with Gasteiger partial charge in [0.05, 0.1) is 7.11 Å². The van der Waals surface area contributed by atoms with Gasteiger partial charge in [-0.1, -0.05) is 13.8 Å². The first-order valence-electron chi connectivity index (χ1n) is 7.37. The van der Waals surface area contributed by atoms with Gasteiger partial charge in [0.2, 0.25) is 0 Å². The lowest BCUT2D eigenvalue weighted by molar-refractivity contribution is -0.139. The molecule has 2 rings (SSSR count). The zero-order valence-corrected chi connectivity index (χ0v) is 13.6. The molecule has 2 N–H and O–H groups in total. The first-order valence-corrected chi connectivity index (χ1v) is 7.37. The molecule has 24 heavy (non-hydrogen) atoms. The van der Waals surface area contributed by atoms with E-state index in [-0.39, 0.29) is 11.5 Å². The number of rotatable bonds is 7. The maximum absolute atomic E-state index is 12.4. The average Bonchev–Trinajstić information content (AvgIpc) is 3.07. The van der Waals surface area contributed by atoms with Gasteiger partial charge in [0.25, 0.3) is 5.91 Å². The first-order chi connectivity index (χ1) is 11.4. The molecule has 0 saturated carbocycles. The lowest BCUT2D eigenvalue weighted by Gasteiger charge is -2.17. The van der Waals surface area contributed by atoms with Crippen LogP contribution in [0.25, 0.3) is 5.69 Å². The molecule has 1 atom stereocenters. The molecule has 0 saturated heterocycles. The number of amides is 1. The van der Waals surface area contributed by atoms with E-state index in [9.17, 15) is 14.7 Å². The molecule has 0 aliphatic rings. The second-order valence-electron chi connectivity index (χ2n) is 5.63. The maximum atomic E-state index is 12.4. The normalized spacial score (nSPS) is 12.0. The fraction of sp³-hybridized carbons (Fsp3) is 0.400. The molecule has 2 aromatic rings. The molecule has 0 fully saturated rings. The molecule has 9 nitrogen and oxygen atoms in total. The number of ether oxygens (including phenoxy) is 1. The Balaban J connectivity index is 2.26. The highest BCUT2D eigenvalue weighted by Crippen LogP contribution is 2.23. The molecule has 0 aliphatic heterocycles. The van der Waals surface area contributed by atoms with Crippen LogP contribution in [0.1, 0.15) is 30.6 Å². The van der Waals surface area contributed by atoms with Gasteiger partial charge >= 0.3 is 5.97 Å². The summed E-state index contributed by atoms with van der Waals surface area (Å²) in [6.45, 7) is 3.79. The minimum atomic E-state index is -1.06. The van der Waals surface area contributed by atoms with Crippen molar-refractivity contribution in [3.8, 4) is 11.4 Å². The fourth-order valence-electron chi connectivity index (χ4n) is 2.22. The number of nitrogens with zero attached hydrogens (tertiary/aromatic N) is 4. The summed E-state index contributed by atoms with van der Waals surface area (Å²) in [5, 5.41) is 22.6. The molecule has 0 bridgehead atoms. The summed E-state index contributed by atoms with van der Waals surface area (Å²) in [4.78, 5) is 23.7. The van der Waals surface area contributed by atoms with Crippen LogP contribution in [0.15, 0.2) is 24.5 Å². The predicted octanol–water partition coefficient (Wildman–Crippen LogP) is 0.900. The minimum Gasteiger partial charge on any atom is -0.494 e. The van der Waals surface area contributed by atoms with Crippen molar-refractivity contribution < 1.29 is 19.4 Å². The van der Waals surface area contributed by atoms with Crippen LogP contribution in [0, 0.1) is 5.92 Å². The van der Waals surface area contributed by atoms with E-state index in [2.05, 4.69) is 20.8 Å². The number of hydrogen-bond acceptors (Lipinski definition) is 6. The van der Waals surface area contributed by atoms with E-state index in [1.807, 2.05) is 13.8 Å². The Morgan fingerprint density at radius 3 is 2.67 bits per heavy atom. The van der Waals surface area contributed by atoms with Crippen LogP contribution in [-0.2, 0) is 4.79 Å². The third-order valence-corrected chi connectivity index (χ3v) is 3.35. The topological polar surface area (TPSA) is 119 Å². The van der Waals surface area contributed by atoms with E-state index in [1.165, 1.54) is 18.1 Å². The van der Waals surface area contributed by atoms with E-state index in [0.717, 1.165) is 0 Å². The maximum Gasteiger partial charge on any atom is 0.326 e. The first kappa shape index (κ1) is 17.4. The quantitative estimate of drug-likeness (QED) is 0.772. The van der Waals surface area contributed by atoms with Gasteiger partial charge < -0.3 is 15.2 Å². The zero-order chi connectivity index (χ0) is 17.7. The van der Waals surface area contributed by atoms with Crippen molar-refractivity contribution >= 4 is 11.9 Å². The summed E-state index contributed by atoms with van der Waals surface area (Å²) in [5.74, 6) is -0.929. The molecule has 1 aromatic heterocycles. The Kier molecular flexibility index (Phi) is 5.46. The smallest absolute Gasteiger partial charge is 0.326 e. The van der Waals surface area contributed by atoms with Gasteiger partial charge in [-0.25, -0.2) is 4.79 Å². The van der Waals surface area contributed by atoms with Crippen LogP contribution in [0.4, 0.5) is 0 Å². The van der Waals surface area contributed by atoms with Crippen molar-refractivity contribution in [3.05, 3.63) is 30.1 Å². The molecule has 9 heteroatoms. The number of tetrazole rings is 1. The molecule has 128 valence electrons. The number of carboxylic acid groups (broad SMARTS) is 1. The molecule has 0 aliphatic carbocycles. The van der Waals surface area contributed by atoms with Crippen LogP contribution in [-0.4, -0.2) is 50.3 Å². The van der Waals surface area contributed by atoms with Crippen LogP contribution in [0.3, 0.4) is 0 Å². The van der Waals surface area contributed by atoms with Gasteiger partial charge in [0, 0.05) is 5.56 Å². The van der Waals surface area contributed by atoms with Crippen LogP contribution in [0.2, 0.25) is 0 Å². The van der Waals surface area contributed by atoms with Crippen molar-refractivity contribution in [1.29, 1.82) is 0 Å². The number of nitrogens with one attached hydrogen (secondary N) is 1. The molecule has 1 unspecified atom stereocenters. The molecule has 1 aromatic carbocycles. The molecule has 1 amide bonds. The Morgan fingerprint density at radius 1 is 1.38 bits per heavy atom. The van der Waals surface area contributed by atoms with Gasteiger partial charge in [0.1, 0.15) is 23.8 Å².